The van der Waals surface area contributed by atoms with Crippen LogP contribution in [-0.2, 0) is 16.1 Å². The molecule has 0 aliphatic rings. The molecule has 0 aliphatic heterocycles. The topological polar surface area (TPSA) is 110 Å². The summed E-state index contributed by atoms with van der Waals surface area (Å²) >= 11 is 0. The Morgan fingerprint density at radius 3 is 2.44 bits per heavy atom. The van der Waals surface area contributed by atoms with Crippen LogP contribution in [0.3, 0.4) is 0 Å². The summed E-state index contributed by atoms with van der Waals surface area (Å²) in [7, 11) is 3.12. The van der Waals surface area contributed by atoms with Gasteiger partial charge in [-0.25, -0.2) is 9.78 Å². The van der Waals surface area contributed by atoms with E-state index in [9.17, 15) is 9.59 Å². The fourth-order valence-corrected chi connectivity index (χ4v) is 2.20. The average Bonchev–Trinajstić information content (AvgIpc) is 2.71. The van der Waals surface area contributed by atoms with E-state index >= 15 is 0 Å². The minimum absolute atomic E-state index is 0.0348. The van der Waals surface area contributed by atoms with Crippen molar-refractivity contribution in [3.05, 3.63) is 47.8 Å². The van der Waals surface area contributed by atoms with E-state index in [1.54, 1.807) is 44.6 Å². The smallest absolute Gasteiger partial charge is 0.360 e. The number of Topliss-reactive ketones (excluding diaryl/α,β-unsaturated/α-hetero) is 1. The van der Waals surface area contributed by atoms with Gasteiger partial charge in [-0.2, -0.15) is 0 Å². The molecular formula is C19H22N2O6. The number of carbonyl (C=O) groups excluding carboxylic acids is 2. The van der Waals surface area contributed by atoms with Gasteiger partial charge in [-0.3, -0.25) is 4.79 Å². The van der Waals surface area contributed by atoms with E-state index in [1.165, 1.54) is 6.20 Å². The highest BCUT2D eigenvalue weighted by molar-refractivity contribution is 5.90. The maximum absolute atomic E-state index is 12.2. The first-order valence-corrected chi connectivity index (χ1v) is 8.26. The van der Waals surface area contributed by atoms with Gasteiger partial charge in [0.15, 0.2) is 11.4 Å². The number of benzene rings is 1. The number of ketones is 1. The molecule has 0 bridgehead atoms. The molecule has 0 unspecified atom stereocenters. The Bertz CT molecular complexity index is 771. The third-order valence-electron chi connectivity index (χ3n) is 3.61. The second kappa shape index (κ2) is 10.1. The van der Waals surface area contributed by atoms with Crippen molar-refractivity contribution in [1.29, 1.82) is 0 Å². The summed E-state index contributed by atoms with van der Waals surface area (Å²) in [5.74, 6) is 0.673. The molecule has 0 saturated carbocycles. The van der Waals surface area contributed by atoms with Crippen molar-refractivity contribution >= 4 is 11.8 Å². The molecule has 8 heteroatoms. The molecule has 0 fully saturated rings. The molecule has 0 aliphatic carbocycles. The summed E-state index contributed by atoms with van der Waals surface area (Å²) in [4.78, 5) is 27.4. The van der Waals surface area contributed by atoms with Crippen molar-refractivity contribution in [2.24, 2.45) is 5.73 Å². The van der Waals surface area contributed by atoms with Crippen molar-refractivity contribution in [3.8, 4) is 17.2 Å². The van der Waals surface area contributed by atoms with Gasteiger partial charge in [0.1, 0.15) is 23.9 Å². The molecule has 27 heavy (non-hydrogen) atoms. The van der Waals surface area contributed by atoms with Crippen molar-refractivity contribution in [2.45, 2.75) is 13.0 Å². The quantitative estimate of drug-likeness (QED) is 0.626. The molecule has 2 N–H and O–H groups in total. The number of ether oxygens (including phenoxy) is 4. The monoisotopic (exact) mass is 374 g/mol. The lowest BCUT2D eigenvalue weighted by Crippen LogP contribution is -2.17. The van der Waals surface area contributed by atoms with E-state index in [0.717, 1.165) is 5.56 Å². The molecule has 1 aromatic carbocycles. The van der Waals surface area contributed by atoms with Crippen LogP contribution in [-0.4, -0.2) is 44.1 Å². The maximum atomic E-state index is 12.2. The summed E-state index contributed by atoms with van der Waals surface area (Å²) < 4.78 is 21.3. The van der Waals surface area contributed by atoms with E-state index < -0.39 is 5.97 Å². The van der Waals surface area contributed by atoms with Crippen LogP contribution < -0.4 is 19.9 Å². The highest BCUT2D eigenvalue weighted by atomic mass is 16.5. The minimum atomic E-state index is -0.668. The average molecular weight is 374 g/mol. The number of hydrogen-bond donors (Lipinski definition) is 1. The molecule has 0 spiro atoms. The van der Waals surface area contributed by atoms with Crippen LogP contribution in [0.1, 0.15) is 22.5 Å². The highest BCUT2D eigenvalue weighted by Gasteiger charge is 2.16. The molecule has 8 nitrogen and oxygen atoms in total. The molecule has 2 aromatic rings. The Morgan fingerprint density at radius 1 is 1.11 bits per heavy atom. The number of methoxy groups -OCH3 is 2. The second-order valence-corrected chi connectivity index (χ2v) is 5.49. The lowest BCUT2D eigenvalue weighted by Gasteiger charge is -2.12. The standard InChI is InChI=1S/C19H22N2O6/c1-24-15-8-13(9-16(10-15)25-2)12-27-17-4-3-6-21-18(17)19(23)26-7-5-14(22)11-20/h3-4,6,8-10H,5,7,11-12,20H2,1-2H3. The molecule has 0 amide bonds. The van der Waals surface area contributed by atoms with Gasteiger partial charge in [0.2, 0.25) is 0 Å². The first-order chi connectivity index (χ1) is 13.1. The lowest BCUT2D eigenvalue weighted by atomic mass is 10.2. The number of nitrogens with zero attached hydrogens (tertiary/aromatic N) is 1. The van der Waals surface area contributed by atoms with Gasteiger partial charge in [-0.1, -0.05) is 0 Å². The zero-order valence-electron chi connectivity index (χ0n) is 15.3. The number of carbonyl (C=O) groups is 2. The molecule has 1 aromatic heterocycles. The van der Waals surface area contributed by atoms with Gasteiger partial charge in [0.05, 0.1) is 27.4 Å². The van der Waals surface area contributed by atoms with Crippen LogP contribution in [0.25, 0.3) is 0 Å². The first-order valence-electron chi connectivity index (χ1n) is 8.26. The fourth-order valence-electron chi connectivity index (χ4n) is 2.20. The summed E-state index contributed by atoms with van der Waals surface area (Å²) in [6.07, 6.45) is 1.53. The zero-order valence-corrected chi connectivity index (χ0v) is 15.3. The van der Waals surface area contributed by atoms with Gasteiger partial charge in [0.25, 0.3) is 0 Å². The predicted molar refractivity (Wildman–Crippen MR) is 97.1 cm³/mol. The molecule has 2 rings (SSSR count). The number of esters is 1. The van der Waals surface area contributed by atoms with Crippen LogP contribution in [0.15, 0.2) is 36.5 Å². The van der Waals surface area contributed by atoms with Crippen LogP contribution >= 0.6 is 0 Å². The Hall–Kier alpha value is -3.13. The third kappa shape index (κ3) is 5.96. The van der Waals surface area contributed by atoms with E-state index in [-0.39, 0.29) is 43.4 Å². The van der Waals surface area contributed by atoms with E-state index in [1.807, 2.05) is 0 Å². The first kappa shape index (κ1) is 20.2. The molecule has 1 heterocycles. The SMILES string of the molecule is COc1cc(COc2cccnc2C(=O)OCCC(=O)CN)cc(OC)c1. The van der Waals surface area contributed by atoms with Crippen LogP contribution in [0, 0.1) is 0 Å². The normalized spacial score (nSPS) is 10.2. The Labute approximate surface area is 157 Å². The molecule has 0 atom stereocenters. The van der Waals surface area contributed by atoms with Gasteiger partial charge < -0.3 is 24.7 Å². The lowest BCUT2D eigenvalue weighted by molar-refractivity contribution is -0.118. The minimum Gasteiger partial charge on any atom is -0.497 e. The van der Waals surface area contributed by atoms with Crippen molar-refractivity contribution < 1.29 is 28.5 Å². The molecule has 144 valence electrons. The van der Waals surface area contributed by atoms with Crippen LogP contribution in [0.4, 0.5) is 0 Å². The van der Waals surface area contributed by atoms with Crippen molar-refractivity contribution in [1.82, 2.24) is 4.98 Å². The largest absolute Gasteiger partial charge is 0.497 e. The van der Waals surface area contributed by atoms with E-state index in [2.05, 4.69) is 4.98 Å². The molecular weight excluding hydrogens is 352 g/mol. The number of aromatic nitrogens is 1. The molecule has 0 saturated heterocycles. The van der Waals surface area contributed by atoms with Gasteiger partial charge >= 0.3 is 5.97 Å². The van der Waals surface area contributed by atoms with Crippen molar-refractivity contribution in [3.63, 3.8) is 0 Å². The highest BCUT2D eigenvalue weighted by Crippen LogP contribution is 2.24. The summed E-state index contributed by atoms with van der Waals surface area (Å²) in [5.41, 5.74) is 6.05. The zero-order chi connectivity index (χ0) is 19.6. The maximum Gasteiger partial charge on any atom is 0.360 e. The Kier molecular flexibility index (Phi) is 7.57. The fraction of sp³-hybridized carbons (Fsp3) is 0.316. The second-order valence-electron chi connectivity index (χ2n) is 5.49. The van der Waals surface area contributed by atoms with E-state index in [4.69, 9.17) is 24.7 Å². The van der Waals surface area contributed by atoms with Gasteiger partial charge in [-0.05, 0) is 29.8 Å². The van der Waals surface area contributed by atoms with E-state index in [0.29, 0.717) is 11.5 Å². The Balaban J connectivity index is 2.05. The summed E-state index contributed by atoms with van der Waals surface area (Å²) in [5, 5.41) is 0. The van der Waals surface area contributed by atoms with Crippen LogP contribution in [0.5, 0.6) is 17.2 Å². The van der Waals surface area contributed by atoms with Gasteiger partial charge in [-0.15, -0.1) is 0 Å². The summed E-state index contributed by atoms with van der Waals surface area (Å²) in [6, 6.07) is 8.62. The van der Waals surface area contributed by atoms with Crippen LogP contribution in [0.2, 0.25) is 0 Å². The predicted octanol–water partition coefficient (Wildman–Crippen LogP) is 1.75. The van der Waals surface area contributed by atoms with Gasteiger partial charge in [0, 0.05) is 18.7 Å². The third-order valence-corrected chi connectivity index (χ3v) is 3.61. The number of hydrogen-bond acceptors (Lipinski definition) is 8. The number of pyridine rings is 1. The number of nitrogens with two attached hydrogens (primary N) is 1. The Morgan fingerprint density at radius 2 is 1.81 bits per heavy atom. The molecule has 0 radical (unpaired) electrons. The number of rotatable bonds is 10. The summed E-state index contributed by atoms with van der Waals surface area (Å²) in [6.45, 7) is 0.0304. The van der Waals surface area contributed by atoms with Crippen molar-refractivity contribution in [2.75, 3.05) is 27.4 Å².